The van der Waals surface area contributed by atoms with Crippen LogP contribution in [0.2, 0.25) is 0 Å². The van der Waals surface area contributed by atoms with Gasteiger partial charge in [-0.2, -0.15) is 0 Å². The highest BCUT2D eigenvalue weighted by molar-refractivity contribution is 4.90. The quantitative estimate of drug-likeness (QED) is 0.646. The molecule has 1 N–H and O–H groups in total. The zero-order valence-corrected chi connectivity index (χ0v) is 10.9. The van der Waals surface area contributed by atoms with E-state index in [9.17, 15) is 0 Å². The third-order valence-corrected chi connectivity index (χ3v) is 2.95. The maximum Gasteiger partial charge on any atom is 0.0601 e. The Kier molecular flexibility index (Phi) is 7.46. The van der Waals surface area contributed by atoms with Crippen LogP contribution < -0.4 is 5.32 Å². The Morgan fingerprint density at radius 1 is 1.27 bits per heavy atom. The lowest BCUT2D eigenvalue weighted by Crippen LogP contribution is -2.42. The minimum Gasteiger partial charge on any atom is -0.314 e. The van der Waals surface area contributed by atoms with Crippen LogP contribution in [0.5, 0.6) is 0 Å². The molecule has 0 heterocycles. The molecular weight excluding hydrogens is 184 g/mol. The van der Waals surface area contributed by atoms with Gasteiger partial charge < -0.3 is 5.32 Å². The Hall–Kier alpha value is -0.520. The summed E-state index contributed by atoms with van der Waals surface area (Å²) in [6.45, 7) is 13.9. The van der Waals surface area contributed by atoms with E-state index in [1.54, 1.807) is 0 Å². The molecule has 2 heteroatoms. The molecule has 0 aromatic rings. The van der Waals surface area contributed by atoms with Crippen molar-refractivity contribution in [3.05, 3.63) is 0 Å². The fourth-order valence-electron chi connectivity index (χ4n) is 1.61. The summed E-state index contributed by atoms with van der Waals surface area (Å²) in [5.74, 6) is 3.35. The van der Waals surface area contributed by atoms with Crippen LogP contribution in [0.3, 0.4) is 0 Å². The summed E-state index contributed by atoms with van der Waals surface area (Å²) in [4.78, 5) is 2.34. The summed E-state index contributed by atoms with van der Waals surface area (Å²) >= 11 is 0. The lowest BCUT2D eigenvalue weighted by atomic mass is 10.0. The highest BCUT2D eigenvalue weighted by atomic mass is 15.1. The Bertz CT molecular complexity index is 193. The molecule has 0 aromatic heterocycles. The fourth-order valence-corrected chi connectivity index (χ4v) is 1.61. The summed E-state index contributed by atoms with van der Waals surface area (Å²) in [5.41, 5.74) is 0. The van der Waals surface area contributed by atoms with Crippen LogP contribution in [0.1, 0.15) is 34.6 Å². The van der Waals surface area contributed by atoms with Gasteiger partial charge in [-0.1, -0.05) is 33.6 Å². The second-order valence-corrected chi connectivity index (χ2v) is 4.55. The maximum absolute atomic E-state index is 5.36. The highest BCUT2D eigenvalue weighted by Crippen LogP contribution is 2.09. The molecule has 2 nitrogen and oxygen atoms in total. The molecule has 0 bridgehead atoms. The molecule has 15 heavy (non-hydrogen) atoms. The zero-order chi connectivity index (χ0) is 11.8. The van der Waals surface area contributed by atoms with Gasteiger partial charge >= 0.3 is 0 Å². The largest absolute Gasteiger partial charge is 0.314 e. The summed E-state index contributed by atoms with van der Waals surface area (Å²) in [6, 6.07) is 1.10. The first-order chi connectivity index (χ1) is 7.02. The van der Waals surface area contributed by atoms with E-state index in [2.05, 4.69) is 50.8 Å². The van der Waals surface area contributed by atoms with Gasteiger partial charge in [-0.25, -0.2) is 0 Å². The van der Waals surface area contributed by atoms with Gasteiger partial charge in [0.05, 0.1) is 6.54 Å². The maximum atomic E-state index is 5.36. The molecule has 2 unspecified atom stereocenters. The molecule has 0 radical (unpaired) electrons. The Balaban J connectivity index is 4.04. The van der Waals surface area contributed by atoms with Crippen molar-refractivity contribution >= 4 is 0 Å². The Morgan fingerprint density at radius 3 is 2.27 bits per heavy atom. The average molecular weight is 210 g/mol. The van der Waals surface area contributed by atoms with Gasteiger partial charge in [0.15, 0.2) is 0 Å². The van der Waals surface area contributed by atoms with Gasteiger partial charge in [0.25, 0.3) is 0 Å². The van der Waals surface area contributed by atoms with E-state index in [0.29, 0.717) is 18.0 Å². The number of terminal acetylenes is 1. The third-order valence-electron chi connectivity index (χ3n) is 2.95. The first kappa shape index (κ1) is 14.5. The van der Waals surface area contributed by atoms with Crippen LogP contribution >= 0.6 is 0 Å². The van der Waals surface area contributed by atoms with E-state index in [1.165, 1.54) is 0 Å². The SMILES string of the molecule is C#CCN(CC)C(C)C(C)CNC(C)C. The molecule has 0 aromatic carbocycles. The van der Waals surface area contributed by atoms with Crippen molar-refractivity contribution in [3.63, 3.8) is 0 Å². The number of hydrogen-bond acceptors (Lipinski definition) is 2. The molecule has 0 amide bonds. The lowest BCUT2D eigenvalue weighted by molar-refractivity contribution is 0.186. The van der Waals surface area contributed by atoms with E-state index in [0.717, 1.165) is 19.6 Å². The van der Waals surface area contributed by atoms with Crippen molar-refractivity contribution in [2.75, 3.05) is 19.6 Å². The Morgan fingerprint density at radius 2 is 1.87 bits per heavy atom. The third kappa shape index (κ3) is 5.81. The van der Waals surface area contributed by atoms with Gasteiger partial charge in [-0.3, -0.25) is 4.90 Å². The van der Waals surface area contributed by atoms with E-state index >= 15 is 0 Å². The Labute approximate surface area is 95.4 Å². The first-order valence-electron chi connectivity index (χ1n) is 5.93. The van der Waals surface area contributed by atoms with Gasteiger partial charge in [0.2, 0.25) is 0 Å². The second kappa shape index (κ2) is 7.73. The van der Waals surface area contributed by atoms with Gasteiger partial charge in [0, 0.05) is 12.1 Å². The molecule has 0 fully saturated rings. The summed E-state index contributed by atoms with van der Waals surface area (Å²) in [6.07, 6.45) is 5.36. The molecule has 0 saturated heterocycles. The van der Waals surface area contributed by atoms with Gasteiger partial charge in [0.1, 0.15) is 0 Å². The molecule has 0 aliphatic rings. The molecule has 0 aliphatic heterocycles. The van der Waals surface area contributed by atoms with Crippen LogP contribution in [-0.4, -0.2) is 36.6 Å². The van der Waals surface area contributed by atoms with E-state index in [-0.39, 0.29) is 0 Å². The summed E-state index contributed by atoms with van der Waals surface area (Å²) in [7, 11) is 0. The topological polar surface area (TPSA) is 15.3 Å². The number of nitrogens with zero attached hydrogens (tertiary/aromatic N) is 1. The minimum absolute atomic E-state index is 0.539. The van der Waals surface area contributed by atoms with Crippen molar-refractivity contribution < 1.29 is 0 Å². The van der Waals surface area contributed by atoms with Crippen LogP contribution in [0.4, 0.5) is 0 Å². The molecular formula is C13H26N2. The van der Waals surface area contributed by atoms with E-state index in [1.807, 2.05) is 0 Å². The normalized spacial score (nSPS) is 15.3. The smallest absolute Gasteiger partial charge is 0.0601 e. The van der Waals surface area contributed by atoms with Crippen molar-refractivity contribution in [3.8, 4) is 12.3 Å². The van der Waals surface area contributed by atoms with Gasteiger partial charge in [-0.15, -0.1) is 6.42 Å². The highest BCUT2D eigenvalue weighted by Gasteiger charge is 2.17. The molecule has 2 atom stereocenters. The van der Waals surface area contributed by atoms with Crippen LogP contribution in [-0.2, 0) is 0 Å². The van der Waals surface area contributed by atoms with Gasteiger partial charge in [-0.05, 0) is 25.9 Å². The summed E-state index contributed by atoms with van der Waals surface area (Å²) < 4.78 is 0. The monoisotopic (exact) mass is 210 g/mol. The predicted octanol–water partition coefficient (Wildman–Crippen LogP) is 1.96. The number of rotatable bonds is 7. The molecule has 0 rings (SSSR count). The van der Waals surface area contributed by atoms with Crippen molar-refractivity contribution in [2.45, 2.75) is 46.7 Å². The fraction of sp³-hybridized carbons (Fsp3) is 0.846. The standard InChI is InChI=1S/C13H26N2/c1-7-9-15(8-2)13(6)12(5)10-14-11(3)4/h1,11-14H,8-10H2,2-6H3. The molecule has 0 spiro atoms. The lowest BCUT2D eigenvalue weighted by Gasteiger charge is -2.31. The van der Waals surface area contributed by atoms with E-state index in [4.69, 9.17) is 6.42 Å². The zero-order valence-electron chi connectivity index (χ0n) is 10.9. The first-order valence-corrected chi connectivity index (χ1v) is 5.93. The number of hydrogen-bond donors (Lipinski definition) is 1. The van der Waals surface area contributed by atoms with Crippen molar-refractivity contribution in [2.24, 2.45) is 5.92 Å². The molecule has 0 aliphatic carbocycles. The minimum atomic E-state index is 0.539. The average Bonchev–Trinajstić information content (AvgIpc) is 2.21. The van der Waals surface area contributed by atoms with Crippen molar-refractivity contribution in [1.82, 2.24) is 10.2 Å². The number of nitrogens with one attached hydrogen (secondary N) is 1. The molecule has 88 valence electrons. The molecule has 0 saturated carbocycles. The predicted molar refractivity (Wildman–Crippen MR) is 67.8 cm³/mol. The van der Waals surface area contributed by atoms with Crippen LogP contribution in [0.15, 0.2) is 0 Å². The summed E-state index contributed by atoms with van der Waals surface area (Å²) in [5, 5.41) is 3.47. The van der Waals surface area contributed by atoms with Crippen LogP contribution in [0, 0.1) is 18.3 Å². The van der Waals surface area contributed by atoms with Crippen LogP contribution in [0.25, 0.3) is 0 Å². The van der Waals surface area contributed by atoms with Crippen molar-refractivity contribution in [1.29, 1.82) is 0 Å². The van der Waals surface area contributed by atoms with E-state index < -0.39 is 0 Å². The second-order valence-electron chi connectivity index (χ2n) is 4.55.